The Kier molecular flexibility index (Phi) is 2.68. The van der Waals surface area contributed by atoms with E-state index in [1.165, 1.54) is 32.1 Å². The van der Waals surface area contributed by atoms with E-state index >= 15 is 0 Å². The molecule has 0 aromatic carbocycles. The third-order valence-corrected chi connectivity index (χ3v) is 3.64. The van der Waals surface area contributed by atoms with Crippen LogP contribution in [0.1, 0.15) is 45.4 Å². The summed E-state index contributed by atoms with van der Waals surface area (Å²) in [5.41, 5.74) is 0. The van der Waals surface area contributed by atoms with E-state index in [2.05, 4.69) is 5.32 Å². The van der Waals surface area contributed by atoms with Crippen LogP contribution in [0, 0.1) is 5.92 Å². The maximum atomic E-state index is 11.2. The van der Waals surface area contributed by atoms with Gasteiger partial charge in [0.05, 0.1) is 6.04 Å². The molecule has 1 heterocycles. The van der Waals surface area contributed by atoms with Crippen LogP contribution in [0.25, 0.3) is 0 Å². The number of nitrogens with one attached hydrogen (secondary N) is 1. The fourth-order valence-electron chi connectivity index (χ4n) is 2.82. The van der Waals surface area contributed by atoms with E-state index in [9.17, 15) is 4.79 Å². The Labute approximate surface area is 80.1 Å². The zero-order chi connectivity index (χ0) is 9.26. The van der Waals surface area contributed by atoms with Gasteiger partial charge in [0.15, 0.2) is 0 Å². The first kappa shape index (κ1) is 9.20. The molecule has 0 aromatic rings. The highest BCUT2D eigenvalue weighted by Gasteiger charge is 2.32. The largest absolute Gasteiger partial charge is 0.304 e. The highest BCUT2D eigenvalue weighted by molar-refractivity contribution is 5.81. The number of hydrogen-bond acceptors (Lipinski definition) is 2. The van der Waals surface area contributed by atoms with E-state index in [4.69, 9.17) is 0 Å². The Hall–Kier alpha value is -0.370. The molecule has 2 heteroatoms. The summed E-state index contributed by atoms with van der Waals surface area (Å²) in [6, 6.07) is 0.816. The summed E-state index contributed by atoms with van der Waals surface area (Å²) in [7, 11) is 0. The molecule has 2 nitrogen and oxygen atoms in total. The quantitative estimate of drug-likeness (QED) is 0.669. The Morgan fingerprint density at radius 1 is 1.15 bits per heavy atom. The Bertz CT molecular complexity index is 202. The van der Waals surface area contributed by atoms with E-state index < -0.39 is 0 Å². The van der Waals surface area contributed by atoms with Gasteiger partial charge in [0, 0.05) is 6.04 Å². The molecule has 0 amide bonds. The van der Waals surface area contributed by atoms with Crippen LogP contribution >= 0.6 is 0 Å². The maximum absolute atomic E-state index is 11.2. The topological polar surface area (TPSA) is 29.1 Å². The summed E-state index contributed by atoms with van der Waals surface area (Å²) in [6.45, 7) is 1.71. The molecule has 1 aliphatic carbocycles. The van der Waals surface area contributed by atoms with Gasteiger partial charge in [-0.2, -0.15) is 0 Å². The van der Waals surface area contributed by atoms with Crippen LogP contribution in [-0.2, 0) is 4.79 Å². The molecule has 74 valence electrons. The zero-order valence-corrected chi connectivity index (χ0v) is 8.38. The van der Waals surface area contributed by atoms with Crippen LogP contribution in [-0.4, -0.2) is 17.9 Å². The van der Waals surface area contributed by atoms with Gasteiger partial charge in [0.25, 0.3) is 0 Å². The van der Waals surface area contributed by atoms with Crippen molar-refractivity contribution in [2.75, 3.05) is 0 Å². The lowest BCUT2D eigenvalue weighted by Gasteiger charge is -2.39. The number of carbonyl (C=O) groups excluding carboxylic acids is 1. The third-order valence-electron chi connectivity index (χ3n) is 3.64. The third kappa shape index (κ3) is 1.93. The van der Waals surface area contributed by atoms with E-state index in [1.54, 1.807) is 6.92 Å². The van der Waals surface area contributed by atoms with Crippen LogP contribution in [0.15, 0.2) is 0 Å². The fourth-order valence-corrected chi connectivity index (χ4v) is 2.82. The standard InChI is InChI=1S/C11H19NO/c1-8(13)10-7-6-9-4-2-3-5-11(9)12-10/h9-12H,2-7H2,1H3. The van der Waals surface area contributed by atoms with Crippen LogP contribution in [0.2, 0.25) is 0 Å². The Morgan fingerprint density at radius 3 is 2.69 bits per heavy atom. The molecule has 1 N–H and O–H groups in total. The second kappa shape index (κ2) is 3.79. The molecular formula is C11H19NO. The second-order valence-corrected chi connectivity index (χ2v) is 4.56. The van der Waals surface area contributed by atoms with Gasteiger partial charge >= 0.3 is 0 Å². The van der Waals surface area contributed by atoms with Crippen molar-refractivity contribution in [3.05, 3.63) is 0 Å². The van der Waals surface area contributed by atoms with Crippen molar-refractivity contribution >= 4 is 5.78 Å². The van der Waals surface area contributed by atoms with E-state index in [1.807, 2.05) is 0 Å². The van der Waals surface area contributed by atoms with Gasteiger partial charge in [-0.05, 0) is 38.5 Å². The minimum atomic E-state index is 0.166. The lowest BCUT2D eigenvalue weighted by molar-refractivity contribution is -0.120. The second-order valence-electron chi connectivity index (χ2n) is 4.56. The van der Waals surface area contributed by atoms with Gasteiger partial charge in [-0.15, -0.1) is 0 Å². The first-order chi connectivity index (χ1) is 6.27. The van der Waals surface area contributed by atoms with Gasteiger partial charge in [0.1, 0.15) is 5.78 Å². The van der Waals surface area contributed by atoms with Gasteiger partial charge in [-0.1, -0.05) is 12.8 Å². The normalized spacial score (nSPS) is 39.6. The monoisotopic (exact) mass is 181 g/mol. The minimum absolute atomic E-state index is 0.166. The highest BCUT2D eigenvalue weighted by atomic mass is 16.1. The lowest BCUT2D eigenvalue weighted by Crippen LogP contribution is -2.51. The van der Waals surface area contributed by atoms with Crippen molar-refractivity contribution in [1.29, 1.82) is 0 Å². The maximum Gasteiger partial charge on any atom is 0.146 e. The molecule has 0 spiro atoms. The molecule has 1 aliphatic heterocycles. The van der Waals surface area contributed by atoms with Crippen molar-refractivity contribution < 1.29 is 4.79 Å². The van der Waals surface area contributed by atoms with Crippen molar-refractivity contribution in [2.45, 2.75) is 57.5 Å². The smallest absolute Gasteiger partial charge is 0.146 e. The van der Waals surface area contributed by atoms with Crippen molar-refractivity contribution in [1.82, 2.24) is 5.32 Å². The summed E-state index contributed by atoms with van der Waals surface area (Å²) in [4.78, 5) is 11.2. The van der Waals surface area contributed by atoms with Crippen LogP contribution in [0.5, 0.6) is 0 Å². The van der Waals surface area contributed by atoms with Gasteiger partial charge in [0.2, 0.25) is 0 Å². The van der Waals surface area contributed by atoms with Crippen LogP contribution in [0.4, 0.5) is 0 Å². The SMILES string of the molecule is CC(=O)C1CCC2CCCCC2N1. The van der Waals surface area contributed by atoms with Crippen molar-refractivity contribution in [3.63, 3.8) is 0 Å². The number of Topliss-reactive ketones (excluding diaryl/α,β-unsaturated/α-hetero) is 1. The zero-order valence-electron chi connectivity index (χ0n) is 8.38. The van der Waals surface area contributed by atoms with Crippen LogP contribution in [0.3, 0.4) is 0 Å². The molecule has 0 aromatic heterocycles. The molecule has 3 atom stereocenters. The number of carbonyl (C=O) groups is 1. The molecule has 3 unspecified atom stereocenters. The summed E-state index contributed by atoms with van der Waals surface area (Å²) >= 11 is 0. The van der Waals surface area contributed by atoms with E-state index in [0.29, 0.717) is 11.8 Å². The first-order valence-corrected chi connectivity index (χ1v) is 5.54. The van der Waals surface area contributed by atoms with Crippen molar-refractivity contribution in [3.8, 4) is 0 Å². The molecule has 0 radical (unpaired) electrons. The van der Waals surface area contributed by atoms with Crippen LogP contribution < -0.4 is 5.32 Å². The predicted molar refractivity (Wildman–Crippen MR) is 52.6 cm³/mol. The molecule has 1 saturated heterocycles. The first-order valence-electron chi connectivity index (χ1n) is 5.54. The molecule has 13 heavy (non-hydrogen) atoms. The van der Waals surface area contributed by atoms with Gasteiger partial charge in [-0.3, -0.25) is 4.79 Å². The Morgan fingerprint density at radius 2 is 1.92 bits per heavy atom. The molecule has 2 aliphatic rings. The summed E-state index contributed by atoms with van der Waals surface area (Å²) in [5, 5.41) is 3.51. The average molecular weight is 181 g/mol. The highest BCUT2D eigenvalue weighted by Crippen LogP contribution is 2.32. The molecule has 2 fully saturated rings. The Balaban J connectivity index is 1.95. The van der Waals surface area contributed by atoms with E-state index in [-0.39, 0.29) is 6.04 Å². The summed E-state index contributed by atoms with van der Waals surface area (Å²) < 4.78 is 0. The fraction of sp³-hybridized carbons (Fsp3) is 0.909. The van der Waals surface area contributed by atoms with Gasteiger partial charge < -0.3 is 5.32 Å². The number of piperidine rings is 1. The molecular weight excluding hydrogens is 162 g/mol. The molecule has 1 saturated carbocycles. The summed E-state index contributed by atoms with van der Waals surface area (Å²) in [6.07, 6.45) is 7.74. The number of rotatable bonds is 1. The molecule has 0 bridgehead atoms. The lowest BCUT2D eigenvalue weighted by atomic mass is 9.77. The number of hydrogen-bond donors (Lipinski definition) is 1. The van der Waals surface area contributed by atoms with E-state index in [0.717, 1.165) is 12.3 Å². The average Bonchev–Trinajstić information content (AvgIpc) is 2.17. The number of ketones is 1. The van der Waals surface area contributed by atoms with Gasteiger partial charge in [-0.25, -0.2) is 0 Å². The summed E-state index contributed by atoms with van der Waals surface area (Å²) in [5.74, 6) is 1.19. The minimum Gasteiger partial charge on any atom is -0.304 e. The number of fused-ring (bicyclic) bond motifs is 1. The van der Waals surface area contributed by atoms with Crippen molar-refractivity contribution in [2.24, 2.45) is 5.92 Å². The predicted octanol–water partition coefficient (Wildman–Crippen LogP) is 1.89. The molecule has 2 rings (SSSR count).